The van der Waals surface area contributed by atoms with Gasteiger partial charge in [-0.3, -0.25) is 0 Å². The van der Waals surface area contributed by atoms with Crippen molar-refractivity contribution in [3.05, 3.63) is 0 Å². The van der Waals surface area contributed by atoms with Gasteiger partial charge in [0.15, 0.2) is 0 Å². The number of ether oxygens (including phenoxy) is 1. The lowest BCUT2D eigenvalue weighted by atomic mass is 9.81. The van der Waals surface area contributed by atoms with Gasteiger partial charge in [0, 0.05) is 6.42 Å². The normalized spacial score (nSPS) is 48.2. The Labute approximate surface area is 93.4 Å². The highest BCUT2D eigenvalue weighted by Gasteiger charge is 2.29. The van der Waals surface area contributed by atoms with Crippen molar-refractivity contribution in [1.29, 1.82) is 0 Å². The maximum Gasteiger partial charge on any atom is 0.104 e. The molecule has 1 rings (SSSR count). The lowest BCUT2D eigenvalue weighted by molar-refractivity contribution is -0.0576. The number of aliphatic hydroxyl groups excluding tert-OH is 2. The second-order valence-electron chi connectivity index (χ2n) is 3.57. The van der Waals surface area contributed by atoms with Gasteiger partial charge in [0.05, 0.1) is 26.2 Å². The van der Waals surface area contributed by atoms with E-state index in [1.807, 2.05) is 6.92 Å². The summed E-state index contributed by atoms with van der Waals surface area (Å²) >= 11 is 2.12. The lowest BCUT2D eigenvalue weighted by Crippen LogP contribution is -2.36. The molecule has 74 valence electrons. The van der Waals surface area contributed by atoms with Gasteiger partial charge in [0.1, 0.15) is 4.11 Å². The van der Waals surface area contributed by atoms with Crippen molar-refractivity contribution in [2.75, 3.05) is 0 Å². The Kier molecular flexibility index (Phi) is 4.48. The first kappa shape index (κ1) is 11.7. The molecule has 0 bridgehead atoms. The highest BCUT2D eigenvalue weighted by molar-refractivity contribution is 14.1. The highest BCUT2D eigenvalue weighted by Crippen LogP contribution is 2.29. The average Bonchev–Trinajstić information content (AvgIpc) is 2.02. The first-order chi connectivity index (χ1) is 6.00. The Bertz CT molecular complexity index is 153. The molecule has 0 aliphatic carbocycles. The van der Waals surface area contributed by atoms with Crippen LogP contribution in [0.1, 0.15) is 19.8 Å². The summed E-state index contributed by atoms with van der Waals surface area (Å²) in [6.45, 7) is 1.87. The molecule has 0 aromatic rings. The molecule has 0 saturated carbocycles. The van der Waals surface area contributed by atoms with E-state index < -0.39 is 12.2 Å². The van der Waals surface area contributed by atoms with Crippen molar-refractivity contribution in [1.82, 2.24) is 0 Å². The van der Waals surface area contributed by atoms with E-state index in [1.54, 1.807) is 0 Å². The van der Waals surface area contributed by atoms with E-state index in [9.17, 15) is 10.2 Å². The smallest absolute Gasteiger partial charge is 0.104 e. The van der Waals surface area contributed by atoms with Gasteiger partial charge in [-0.1, -0.05) is 22.6 Å². The Morgan fingerprint density at radius 1 is 1.31 bits per heavy atom. The van der Waals surface area contributed by atoms with Gasteiger partial charge >= 0.3 is 0 Å². The summed E-state index contributed by atoms with van der Waals surface area (Å²) < 4.78 is 5.42. The summed E-state index contributed by atoms with van der Waals surface area (Å²) in [7, 11) is 5.76. The van der Waals surface area contributed by atoms with Gasteiger partial charge in [0.2, 0.25) is 0 Å². The van der Waals surface area contributed by atoms with Crippen molar-refractivity contribution in [2.45, 2.75) is 48.0 Å². The molecule has 1 fully saturated rings. The number of hydrogen-bond acceptors (Lipinski definition) is 3. The van der Waals surface area contributed by atoms with Crippen LogP contribution in [0.5, 0.6) is 0 Å². The van der Waals surface area contributed by atoms with Crippen LogP contribution in [0.15, 0.2) is 0 Å². The summed E-state index contributed by atoms with van der Waals surface area (Å²) in [4.78, 5) is 0. The van der Waals surface area contributed by atoms with E-state index in [1.165, 1.54) is 0 Å². The third kappa shape index (κ3) is 3.38. The minimum atomic E-state index is -0.724. The molecule has 1 heterocycles. The molecule has 0 aromatic heterocycles. The number of hydrogen-bond donors (Lipinski definition) is 2. The molecule has 5 atom stereocenters. The molecule has 0 spiro atoms. The molecule has 5 heteroatoms. The van der Waals surface area contributed by atoms with E-state index in [4.69, 9.17) is 12.6 Å². The van der Waals surface area contributed by atoms with Crippen molar-refractivity contribution in [2.24, 2.45) is 0 Å². The molecule has 1 saturated heterocycles. The summed E-state index contributed by atoms with van der Waals surface area (Å²) in [5.74, 6) is -0.215. The van der Waals surface area contributed by atoms with Gasteiger partial charge in [-0.15, -0.1) is 0 Å². The summed E-state index contributed by atoms with van der Waals surface area (Å²) in [6, 6.07) is 0. The Balaban J connectivity index is 2.59. The molecule has 13 heavy (non-hydrogen) atoms. The third-order valence-corrected chi connectivity index (χ3v) is 3.45. The molecule has 0 aromatic carbocycles. The standard InChI is InChI=1S/C8H14BIO3/c1-4-2-6(11)7(12)3-5(9)8(10)13-4/h4-8,11-12H,2-3H2,1H3/t4-,5+,6+,7-,8+/m1/s1. The van der Waals surface area contributed by atoms with Crippen LogP contribution in [0, 0.1) is 0 Å². The van der Waals surface area contributed by atoms with Gasteiger partial charge in [0.25, 0.3) is 0 Å². The first-order valence-electron chi connectivity index (χ1n) is 4.42. The molecule has 1 aliphatic rings. The second kappa shape index (κ2) is 4.95. The van der Waals surface area contributed by atoms with Crippen LogP contribution in [0.3, 0.4) is 0 Å². The van der Waals surface area contributed by atoms with Crippen LogP contribution in [0.2, 0.25) is 5.82 Å². The van der Waals surface area contributed by atoms with E-state index >= 15 is 0 Å². The van der Waals surface area contributed by atoms with Crippen molar-refractivity contribution in [3.63, 3.8) is 0 Å². The van der Waals surface area contributed by atoms with Crippen molar-refractivity contribution < 1.29 is 14.9 Å². The van der Waals surface area contributed by atoms with Crippen LogP contribution < -0.4 is 0 Å². The minimum absolute atomic E-state index is 0.0575. The molecular weight excluding hydrogens is 282 g/mol. The fourth-order valence-electron chi connectivity index (χ4n) is 1.42. The molecule has 2 radical (unpaired) electrons. The number of rotatable bonds is 0. The quantitative estimate of drug-likeness (QED) is 0.391. The molecular formula is C8H14BIO3. The second-order valence-corrected chi connectivity index (χ2v) is 4.80. The lowest BCUT2D eigenvalue weighted by Gasteiger charge is -2.31. The van der Waals surface area contributed by atoms with Gasteiger partial charge in [-0.2, -0.15) is 0 Å². The third-order valence-electron chi connectivity index (χ3n) is 2.23. The van der Waals surface area contributed by atoms with Crippen LogP contribution in [-0.2, 0) is 4.74 Å². The van der Waals surface area contributed by atoms with E-state index in [0.29, 0.717) is 12.8 Å². The minimum Gasteiger partial charge on any atom is -0.390 e. The highest BCUT2D eigenvalue weighted by atomic mass is 127. The maximum absolute atomic E-state index is 9.50. The van der Waals surface area contributed by atoms with E-state index in [0.717, 1.165) is 0 Å². The number of aliphatic hydroxyl groups is 2. The monoisotopic (exact) mass is 296 g/mol. The Morgan fingerprint density at radius 2 is 1.85 bits per heavy atom. The van der Waals surface area contributed by atoms with E-state index in [-0.39, 0.29) is 16.0 Å². The van der Waals surface area contributed by atoms with Gasteiger partial charge in [-0.05, 0) is 19.2 Å². The van der Waals surface area contributed by atoms with E-state index in [2.05, 4.69) is 22.6 Å². The molecule has 0 unspecified atom stereocenters. The fraction of sp³-hybridized carbons (Fsp3) is 1.00. The largest absolute Gasteiger partial charge is 0.390 e. The Hall–Kier alpha value is 0.675. The van der Waals surface area contributed by atoms with Gasteiger partial charge < -0.3 is 14.9 Å². The number of alkyl halides is 1. The predicted octanol–water partition coefficient (Wildman–Crippen LogP) is 0.625. The summed E-state index contributed by atoms with van der Waals surface area (Å²) in [6.07, 6.45) is -0.643. The summed E-state index contributed by atoms with van der Waals surface area (Å²) in [5, 5.41) is 19.0. The SMILES string of the molecule is [B][C@H]1C[C@@H](O)[C@@H](O)C[C@@H](C)O[C@@H]1I. The zero-order valence-corrected chi connectivity index (χ0v) is 9.72. The number of halogens is 1. The Morgan fingerprint density at radius 3 is 2.46 bits per heavy atom. The molecule has 1 aliphatic heterocycles. The zero-order valence-electron chi connectivity index (χ0n) is 7.56. The van der Waals surface area contributed by atoms with Crippen molar-refractivity contribution in [3.8, 4) is 0 Å². The van der Waals surface area contributed by atoms with Gasteiger partial charge in [-0.25, -0.2) is 0 Å². The van der Waals surface area contributed by atoms with Crippen LogP contribution in [-0.4, -0.2) is 40.5 Å². The topological polar surface area (TPSA) is 49.7 Å². The summed E-state index contributed by atoms with van der Waals surface area (Å²) in [5.41, 5.74) is 0. The predicted molar refractivity (Wildman–Crippen MR) is 59.1 cm³/mol. The van der Waals surface area contributed by atoms with Crippen LogP contribution >= 0.6 is 22.6 Å². The van der Waals surface area contributed by atoms with Crippen molar-refractivity contribution >= 4 is 30.4 Å². The molecule has 2 N–H and O–H groups in total. The maximum atomic E-state index is 9.50. The fourth-order valence-corrected chi connectivity index (χ4v) is 2.21. The molecule has 3 nitrogen and oxygen atoms in total. The van der Waals surface area contributed by atoms with Crippen LogP contribution in [0.4, 0.5) is 0 Å². The molecule has 0 amide bonds. The first-order valence-corrected chi connectivity index (χ1v) is 5.66. The average molecular weight is 296 g/mol. The van der Waals surface area contributed by atoms with Crippen LogP contribution in [0.25, 0.3) is 0 Å². The zero-order chi connectivity index (χ0) is 10.0.